The van der Waals surface area contributed by atoms with Crippen molar-refractivity contribution in [2.45, 2.75) is 45.6 Å². The first-order chi connectivity index (χ1) is 20.1. The number of aliphatic imine (C=N–C) groups is 1. The number of piperidine rings is 1. The van der Waals surface area contributed by atoms with Crippen molar-refractivity contribution in [2.75, 3.05) is 39.0 Å². The number of carboxylic acids is 2. The van der Waals surface area contributed by atoms with Gasteiger partial charge in [-0.15, -0.1) is 0 Å². The van der Waals surface area contributed by atoms with E-state index in [0.29, 0.717) is 36.5 Å². The fourth-order valence-corrected chi connectivity index (χ4v) is 5.06. The summed E-state index contributed by atoms with van der Waals surface area (Å²) in [5.41, 5.74) is 1.00. The summed E-state index contributed by atoms with van der Waals surface area (Å²) >= 11 is 1.73. The molecule has 0 bridgehead atoms. The third-order valence-corrected chi connectivity index (χ3v) is 7.06. The smallest absolute Gasteiger partial charge is 0.328 e. The monoisotopic (exact) mass is 605 g/mol. The van der Waals surface area contributed by atoms with E-state index in [1.54, 1.807) is 11.8 Å². The SMILES string of the molecule is CSC(=Nc1ccccc1)N(CC(C)C)C1CCN(CCCCOc2ccc(F)c(F)c2)CC1.O=C(O)/C=C/C(=O)O. The average Bonchev–Trinajstić information content (AvgIpc) is 2.96. The topological polar surface area (TPSA) is 103 Å². The molecule has 1 heterocycles. The molecule has 1 aliphatic rings. The average molecular weight is 606 g/mol. The first kappa shape index (κ1) is 34.8. The van der Waals surface area contributed by atoms with Crippen LogP contribution >= 0.6 is 11.8 Å². The predicted molar refractivity (Wildman–Crippen MR) is 164 cm³/mol. The van der Waals surface area contributed by atoms with Gasteiger partial charge in [0, 0.05) is 43.9 Å². The maximum absolute atomic E-state index is 13.3. The molecule has 1 saturated heterocycles. The van der Waals surface area contributed by atoms with E-state index in [1.165, 1.54) is 6.07 Å². The number of aliphatic carboxylic acids is 2. The molecule has 0 unspecified atom stereocenters. The molecule has 11 heteroatoms. The number of amidine groups is 1. The molecule has 1 aliphatic heterocycles. The number of unbranched alkanes of at least 4 members (excludes halogenated alkanes) is 1. The largest absolute Gasteiger partial charge is 0.493 e. The summed E-state index contributed by atoms with van der Waals surface area (Å²) in [5.74, 6) is -3.28. The number of carbonyl (C=O) groups is 2. The van der Waals surface area contributed by atoms with Crippen LogP contribution < -0.4 is 4.74 Å². The van der Waals surface area contributed by atoms with E-state index in [9.17, 15) is 18.4 Å². The molecular formula is C31H41F2N3O5S. The molecule has 2 aromatic rings. The number of thioether (sulfide) groups is 1. The van der Waals surface area contributed by atoms with Crippen LogP contribution in [0.25, 0.3) is 0 Å². The summed E-state index contributed by atoms with van der Waals surface area (Å²) in [6, 6.07) is 14.4. The minimum absolute atomic E-state index is 0.381. The standard InChI is InChI=1S/C27H37F2N3OS.C4H4O4/c1-21(2)20-32(27(34-3)30-22-9-5-4-6-10-22)23-13-16-31(17-14-23)15-7-8-18-33-24-11-12-25(28)26(29)19-24;5-3(6)1-2-4(7)8/h4-6,9-12,19,21,23H,7-8,13-18,20H2,1-3H3;1-2H,(H,5,6)(H,7,8)/b;2-1+. The summed E-state index contributed by atoms with van der Waals surface area (Å²) in [6.07, 6.45) is 7.41. The third kappa shape index (κ3) is 13.5. The van der Waals surface area contributed by atoms with Gasteiger partial charge in [-0.05, 0) is 68.7 Å². The minimum Gasteiger partial charge on any atom is -0.493 e. The van der Waals surface area contributed by atoms with Crippen LogP contribution in [-0.2, 0) is 9.59 Å². The number of rotatable bonds is 12. The molecule has 2 N–H and O–H groups in total. The minimum atomic E-state index is -1.26. The maximum atomic E-state index is 13.3. The van der Waals surface area contributed by atoms with Crippen molar-refractivity contribution >= 4 is 34.6 Å². The van der Waals surface area contributed by atoms with E-state index in [-0.39, 0.29) is 0 Å². The summed E-state index contributed by atoms with van der Waals surface area (Å²) in [5, 5.41) is 16.7. The van der Waals surface area contributed by atoms with E-state index in [2.05, 4.69) is 42.0 Å². The molecule has 0 saturated carbocycles. The molecule has 3 rings (SSSR count). The number of hydrogen-bond donors (Lipinski definition) is 2. The van der Waals surface area contributed by atoms with E-state index in [1.807, 2.05) is 18.2 Å². The lowest BCUT2D eigenvalue weighted by atomic mass is 10.0. The molecular weight excluding hydrogens is 564 g/mol. The van der Waals surface area contributed by atoms with Gasteiger partial charge in [0.2, 0.25) is 0 Å². The van der Waals surface area contributed by atoms with Gasteiger partial charge in [0.1, 0.15) is 5.75 Å². The van der Waals surface area contributed by atoms with Crippen molar-refractivity contribution in [1.29, 1.82) is 0 Å². The van der Waals surface area contributed by atoms with Crippen LogP contribution in [0.5, 0.6) is 5.75 Å². The van der Waals surface area contributed by atoms with Crippen molar-refractivity contribution in [3.63, 3.8) is 0 Å². The second-order valence-corrected chi connectivity index (χ2v) is 11.0. The van der Waals surface area contributed by atoms with E-state index in [4.69, 9.17) is 19.9 Å². The Morgan fingerprint density at radius 2 is 1.69 bits per heavy atom. The Hall–Kier alpha value is -3.44. The lowest BCUT2D eigenvalue weighted by Gasteiger charge is -2.40. The number of nitrogens with zero attached hydrogens (tertiary/aromatic N) is 3. The van der Waals surface area contributed by atoms with Gasteiger partial charge in [-0.1, -0.05) is 43.8 Å². The highest BCUT2D eigenvalue weighted by Crippen LogP contribution is 2.24. The van der Waals surface area contributed by atoms with Gasteiger partial charge in [0.25, 0.3) is 0 Å². The van der Waals surface area contributed by atoms with Gasteiger partial charge in [-0.25, -0.2) is 23.4 Å². The third-order valence-electron chi connectivity index (χ3n) is 6.37. The zero-order chi connectivity index (χ0) is 30.9. The van der Waals surface area contributed by atoms with Crippen LogP contribution in [0.1, 0.15) is 39.5 Å². The summed E-state index contributed by atoms with van der Waals surface area (Å²) in [7, 11) is 0. The first-order valence-electron chi connectivity index (χ1n) is 14.0. The number of likely N-dealkylation sites (tertiary alicyclic amines) is 1. The Bertz CT molecular complexity index is 1160. The molecule has 230 valence electrons. The Balaban J connectivity index is 0.000000675. The number of para-hydroxylation sites is 1. The fraction of sp³-hybridized carbons (Fsp3) is 0.452. The van der Waals surface area contributed by atoms with Crippen molar-refractivity contribution < 1.29 is 33.3 Å². The molecule has 0 atom stereocenters. The fourth-order valence-electron chi connectivity index (χ4n) is 4.41. The molecule has 0 spiro atoms. The van der Waals surface area contributed by atoms with Gasteiger partial charge >= 0.3 is 11.9 Å². The number of benzene rings is 2. The summed E-state index contributed by atoms with van der Waals surface area (Å²) in [4.78, 5) is 29.1. The molecule has 1 fully saturated rings. The molecule has 0 amide bonds. The predicted octanol–water partition coefficient (Wildman–Crippen LogP) is 6.31. The van der Waals surface area contributed by atoms with Crippen LogP contribution in [-0.4, -0.2) is 82.2 Å². The van der Waals surface area contributed by atoms with Crippen LogP contribution in [0.4, 0.5) is 14.5 Å². The number of carboxylic acid groups (broad SMARTS) is 2. The Kier molecular flexibility index (Phi) is 15.6. The van der Waals surface area contributed by atoms with Gasteiger partial charge < -0.3 is 24.7 Å². The van der Waals surface area contributed by atoms with Gasteiger partial charge in [-0.2, -0.15) is 0 Å². The molecule has 8 nitrogen and oxygen atoms in total. The van der Waals surface area contributed by atoms with Gasteiger partial charge in [-0.3, -0.25) is 0 Å². The number of halogens is 2. The van der Waals surface area contributed by atoms with Crippen LogP contribution in [0.3, 0.4) is 0 Å². The highest BCUT2D eigenvalue weighted by atomic mass is 32.2. The van der Waals surface area contributed by atoms with E-state index < -0.39 is 23.6 Å². The number of hydrogen-bond acceptors (Lipinski definition) is 6. The van der Waals surface area contributed by atoms with Crippen molar-refractivity contribution in [1.82, 2.24) is 9.80 Å². The van der Waals surface area contributed by atoms with Crippen molar-refractivity contribution in [3.8, 4) is 5.75 Å². The van der Waals surface area contributed by atoms with Crippen LogP contribution in [0.2, 0.25) is 0 Å². The molecule has 42 heavy (non-hydrogen) atoms. The highest BCUT2D eigenvalue weighted by molar-refractivity contribution is 8.13. The Morgan fingerprint density at radius 3 is 2.24 bits per heavy atom. The lowest BCUT2D eigenvalue weighted by Crippen LogP contribution is -2.48. The number of ether oxygens (including phenoxy) is 1. The second kappa shape index (κ2) is 18.9. The normalized spacial score (nSPS) is 14.5. The molecule has 0 aromatic heterocycles. The van der Waals surface area contributed by atoms with E-state index >= 15 is 0 Å². The maximum Gasteiger partial charge on any atom is 0.328 e. The lowest BCUT2D eigenvalue weighted by molar-refractivity contribution is -0.134. The zero-order valence-corrected chi connectivity index (χ0v) is 25.2. The molecule has 0 radical (unpaired) electrons. The Morgan fingerprint density at radius 1 is 1.05 bits per heavy atom. The van der Waals surface area contributed by atoms with Crippen molar-refractivity contribution in [3.05, 3.63) is 72.3 Å². The first-order valence-corrected chi connectivity index (χ1v) is 15.2. The summed E-state index contributed by atoms with van der Waals surface area (Å²) in [6.45, 7) is 9.25. The van der Waals surface area contributed by atoms with Gasteiger partial charge in [0.05, 0.1) is 12.3 Å². The van der Waals surface area contributed by atoms with Crippen molar-refractivity contribution in [2.24, 2.45) is 10.9 Å². The molecule has 0 aliphatic carbocycles. The summed E-state index contributed by atoms with van der Waals surface area (Å²) < 4.78 is 31.8. The molecule has 2 aromatic carbocycles. The zero-order valence-electron chi connectivity index (χ0n) is 24.4. The van der Waals surface area contributed by atoms with Crippen LogP contribution in [0.15, 0.2) is 65.7 Å². The van der Waals surface area contributed by atoms with Gasteiger partial charge in [0.15, 0.2) is 16.8 Å². The van der Waals surface area contributed by atoms with Crippen LogP contribution in [0, 0.1) is 17.6 Å². The second-order valence-electron chi connectivity index (χ2n) is 10.2. The quantitative estimate of drug-likeness (QED) is 0.126. The van der Waals surface area contributed by atoms with E-state index in [0.717, 1.165) is 74.9 Å². The Labute approximate surface area is 251 Å². The highest BCUT2D eigenvalue weighted by Gasteiger charge is 2.27.